The Balaban J connectivity index is -0.0000000688. The molecule has 22 heteroatoms. The Morgan fingerprint density at radius 3 is 1.30 bits per heavy atom. The molecule has 3 heterocycles. The number of carbonyl (C=O) groups is 1. The number of aliphatic hydroxyl groups is 5. The summed E-state index contributed by atoms with van der Waals surface area (Å²) in [6.07, 6.45) is 0.648. The van der Waals surface area contributed by atoms with Crippen molar-refractivity contribution in [1.82, 2.24) is 21.3 Å². The predicted octanol–water partition coefficient (Wildman–Crippen LogP) is -3.56. The SMILES string of the molecule is C1COCCN1.CN1CCOCC1.COCCN.COCCN1CCOCC1.COCCO.NCCOCCO.O=CCOCCO.OCCOCCO.[C-]#[O+].[H+].[H-].[NH4+]. The molecule has 3 aliphatic rings. The van der Waals surface area contributed by atoms with Gasteiger partial charge >= 0.3 is 12.7 Å². The summed E-state index contributed by atoms with van der Waals surface area (Å²) in [5.74, 6) is 0. The van der Waals surface area contributed by atoms with Crippen molar-refractivity contribution in [3.8, 4) is 0 Å². The summed E-state index contributed by atoms with van der Waals surface area (Å²) in [4.78, 5) is 14.1. The molecule has 0 saturated carbocycles. The molecule has 3 saturated heterocycles. The van der Waals surface area contributed by atoms with E-state index in [1.807, 2.05) is 0 Å². The van der Waals surface area contributed by atoms with Crippen molar-refractivity contribution in [3.05, 3.63) is 6.65 Å². The van der Waals surface area contributed by atoms with E-state index < -0.39 is 0 Å². The van der Waals surface area contributed by atoms with E-state index in [2.05, 4.69) is 47.8 Å². The van der Waals surface area contributed by atoms with Gasteiger partial charge in [-0.3, -0.25) is 4.90 Å². The van der Waals surface area contributed by atoms with Gasteiger partial charge in [-0.25, -0.2) is 0 Å². The van der Waals surface area contributed by atoms with E-state index >= 15 is 0 Å². The fourth-order valence-electron chi connectivity index (χ4n) is 3.10. The number of ether oxygens (including phenoxy) is 9. The van der Waals surface area contributed by atoms with Crippen molar-refractivity contribution in [1.29, 1.82) is 0 Å². The van der Waals surface area contributed by atoms with Crippen LogP contribution in [-0.4, -0.2) is 261 Å². The van der Waals surface area contributed by atoms with Crippen molar-refractivity contribution >= 4 is 6.29 Å². The van der Waals surface area contributed by atoms with Gasteiger partial charge in [0, 0.05) is 80.2 Å². The van der Waals surface area contributed by atoms with Crippen LogP contribution in [0, 0.1) is 6.65 Å². The first kappa shape index (κ1) is 70.2. The third-order valence-corrected chi connectivity index (χ3v) is 5.80. The minimum Gasteiger partial charge on any atom is -1.00 e. The van der Waals surface area contributed by atoms with Crippen molar-refractivity contribution in [2.24, 2.45) is 11.5 Å². The molecule has 0 bridgehead atoms. The van der Waals surface area contributed by atoms with E-state index in [1.54, 1.807) is 21.3 Å². The second-order valence-electron chi connectivity index (χ2n) is 10.4. The second-order valence-corrected chi connectivity index (χ2v) is 10.4. The zero-order chi connectivity index (χ0) is 43.4. The molecule has 0 spiro atoms. The molecule has 3 fully saturated rings. The third kappa shape index (κ3) is 91.7. The van der Waals surface area contributed by atoms with Crippen LogP contribution < -0.4 is 22.9 Å². The van der Waals surface area contributed by atoms with Crippen LogP contribution in [0.15, 0.2) is 0 Å². The van der Waals surface area contributed by atoms with Gasteiger partial charge in [0.1, 0.15) is 12.9 Å². The fourth-order valence-corrected chi connectivity index (χ4v) is 3.10. The molecule has 0 aliphatic carbocycles. The Bertz CT molecular complexity index is 602. The number of methoxy groups -OCH3 is 3. The van der Waals surface area contributed by atoms with Crippen LogP contribution in [0.1, 0.15) is 2.85 Å². The zero-order valence-corrected chi connectivity index (χ0v) is 35.9. The number of nitrogens with one attached hydrogen (secondary N) is 1. The number of quaternary nitrogens is 1. The molecule has 14 N–H and O–H groups in total. The Morgan fingerprint density at radius 2 is 1.04 bits per heavy atom. The Kier molecular flexibility index (Phi) is 97.1. The number of hydrogen-bond acceptors (Lipinski definition) is 20. The molecule has 0 aromatic rings. The molecule has 3 aliphatic heterocycles. The third-order valence-electron chi connectivity index (χ3n) is 5.80. The number of hydrogen-bond donors (Lipinski definition) is 9. The summed E-state index contributed by atoms with van der Waals surface area (Å²) >= 11 is 0. The topological polar surface area (TPSA) is 328 Å². The quantitative estimate of drug-likeness (QED) is 0.0263. The van der Waals surface area contributed by atoms with Crippen LogP contribution in [-0.2, 0) is 52.1 Å². The first-order valence-corrected chi connectivity index (χ1v) is 18.5. The number of morpholine rings is 3. The minimum absolute atomic E-state index is 0. The number of likely N-dealkylation sites (N-methyl/N-ethyl adjacent to an activating group) is 1. The Labute approximate surface area is 345 Å². The first-order chi connectivity index (χ1) is 27.4. The normalized spacial score (nSPS) is 14.3. The molecule has 0 unspecified atom stereocenters. The molecular weight excluding hydrogens is 760 g/mol. The molecule has 57 heavy (non-hydrogen) atoms. The number of carbonyl (C=O) groups excluding carboxylic acids is 1. The fraction of sp³-hybridized carbons (Fsp3) is 0.943. The van der Waals surface area contributed by atoms with Gasteiger partial charge in [-0.1, -0.05) is 0 Å². The van der Waals surface area contributed by atoms with Gasteiger partial charge in [0.15, 0.2) is 0 Å². The van der Waals surface area contributed by atoms with Gasteiger partial charge in [-0.15, -0.1) is 0 Å². The molecule has 0 atom stereocenters. The first-order valence-electron chi connectivity index (χ1n) is 18.5. The Hall–Kier alpha value is -1.39. The van der Waals surface area contributed by atoms with Gasteiger partial charge in [0.25, 0.3) is 0 Å². The molecular formula is C35H87N6O16+. The molecule has 0 radical (unpaired) electrons. The van der Waals surface area contributed by atoms with Crippen LogP contribution >= 0.6 is 0 Å². The van der Waals surface area contributed by atoms with E-state index in [9.17, 15) is 4.79 Å². The van der Waals surface area contributed by atoms with Crippen LogP contribution in [0.25, 0.3) is 0 Å². The van der Waals surface area contributed by atoms with Crippen molar-refractivity contribution < 1.29 is 80.5 Å². The van der Waals surface area contributed by atoms with E-state index in [1.165, 1.54) is 0 Å². The average molecular weight is 848 g/mol. The van der Waals surface area contributed by atoms with Crippen LogP contribution in [0.2, 0.25) is 0 Å². The monoisotopic (exact) mass is 848 g/mol. The van der Waals surface area contributed by atoms with Crippen LogP contribution in [0.3, 0.4) is 0 Å². The van der Waals surface area contributed by atoms with Crippen LogP contribution in [0.5, 0.6) is 0 Å². The largest absolute Gasteiger partial charge is 1.00 e. The van der Waals surface area contributed by atoms with Crippen molar-refractivity contribution in [2.45, 2.75) is 0 Å². The average Bonchev–Trinajstić information content (AvgIpc) is 3.25. The summed E-state index contributed by atoms with van der Waals surface area (Å²) in [6.45, 7) is 22.5. The van der Waals surface area contributed by atoms with E-state index in [-0.39, 0.29) is 55.3 Å². The molecule has 0 aromatic carbocycles. The molecule has 22 nitrogen and oxygen atoms in total. The maximum absolute atomic E-state index is 9.47. The van der Waals surface area contributed by atoms with Gasteiger partial charge in [0.2, 0.25) is 0 Å². The summed E-state index contributed by atoms with van der Waals surface area (Å²) in [5.41, 5.74) is 10.1. The second kappa shape index (κ2) is 78.9. The van der Waals surface area contributed by atoms with E-state index in [4.69, 9.17) is 65.3 Å². The maximum Gasteiger partial charge on any atom is 1.00 e. The minimum atomic E-state index is -0.0200. The summed E-state index contributed by atoms with van der Waals surface area (Å²) < 4.78 is 50.7. The summed E-state index contributed by atoms with van der Waals surface area (Å²) in [6, 6.07) is 0. The molecule has 0 amide bonds. The van der Waals surface area contributed by atoms with Crippen molar-refractivity contribution in [2.75, 3.05) is 219 Å². The van der Waals surface area contributed by atoms with Crippen LogP contribution in [0.4, 0.5) is 0 Å². The zero-order valence-electron chi connectivity index (χ0n) is 37.9. The van der Waals surface area contributed by atoms with Gasteiger partial charge in [0.05, 0.1) is 126 Å². The number of rotatable bonds is 19. The van der Waals surface area contributed by atoms with E-state index in [0.29, 0.717) is 59.0 Å². The van der Waals surface area contributed by atoms with E-state index in [0.717, 1.165) is 92.1 Å². The number of aldehydes is 1. The summed E-state index contributed by atoms with van der Waals surface area (Å²) in [7, 11) is 7.03. The smallest absolute Gasteiger partial charge is 1.00 e. The molecule has 0 aromatic heterocycles. The van der Waals surface area contributed by atoms with Gasteiger partial charge in [-0.05, 0) is 7.05 Å². The van der Waals surface area contributed by atoms with Gasteiger partial charge < -0.3 is 102 Å². The number of nitrogens with zero attached hydrogens (tertiary/aromatic N) is 2. The van der Waals surface area contributed by atoms with Crippen molar-refractivity contribution in [3.63, 3.8) is 0 Å². The number of aliphatic hydroxyl groups excluding tert-OH is 5. The Morgan fingerprint density at radius 1 is 0.649 bits per heavy atom. The predicted molar refractivity (Wildman–Crippen MR) is 219 cm³/mol. The standard InChI is InChI=1S/C7H15NO2.C5H11NO.C4H11NO2.C4H9NO.C4H10O3.C4H8O3.C3H9NO.C3H8O2.CO.H3N.H/c1-9-5-2-8-3-6-10-7-4-8;1-6-2-4-7-5-3-6;5-1-3-7-4-2-6;1-3-6-4-2-5-1;2*5-1-3-7-4-2-6;2*1-5-3-2-4;1-2;;/h2-7H2,1H3;2-5H2,1H3;6H,1-5H2;5H,1-4H2;5-6H,1-4H2;1,6H,2-4H2;2-4H2,1H3;4H,2-3H2,1H3;;1H3;/q;;;;;;;;;;-1/p+2. The summed E-state index contributed by atoms with van der Waals surface area (Å²) in [5, 5.41) is 43.5. The van der Waals surface area contributed by atoms with Gasteiger partial charge in [-0.2, -0.15) is 0 Å². The maximum atomic E-state index is 9.47. The number of nitrogens with two attached hydrogens (primary N) is 2. The molecule has 352 valence electrons. The molecule has 3 rings (SSSR count).